The number of nitrogens with zero attached hydrogens (tertiary/aromatic N) is 3. The van der Waals surface area contributed by atoms with Crippen LogP contribution in [-0.4, -0.2) is 135 Å². The number of methoxy groups -OCH3 is 2. The van der Waals surface area contributed by atoms with Crippen molar-refractivity contribution in [1.82, 2.24) is 19.5 Å². The van der Waals surface area contributed by atoms with E-state index >= 15 is 0 Å². The van der Waals surface area contributed by atoms with Crippen LogP contribution in [-0.2, 0) is 54.9 Å². The molecule has 15 nitrogen and oxygen atoms in total. The fraction of sp³-hybridized carbons (Fsp3) is 0.660. The number of hydrogen-bond acceptors (Lipinski definition) is 13. The van der Waals surface area contributed by atoms with Gasteiger partial charge < -0.3 is 47.7 Å². The molecule has 1 aliphatic rings. The van der Waals surface area contributed by atoms with Crippen LogP contribution in [0.2, 0.25) is 22.2 Å². The number of fused-ring (bicyclic) bond motifs is 1. The Morgan fingerprint density at radius 1 is 0.687 bits per heavy atom. The van der Waals surface area contributed by atoms with Crippen LogP contribution >= 0.6 is 0 Å². The summed E-state index contributed by atoms with van der Waals surface area (Å²) in [4.78, 5) is 24.4. The van der Waals surface area contributed by atoms with Gasteiger partial charge in [0.25, 0.3) is 5.56 Å². The van der Waals surface area contributed by atoms with Crippen molar-refractivity contribution in [1.29, 1.82) is 0 Å². The number of H-pyrrole nitrogens is 1. The summed E-state index contributed by atoms with van der Waals surface area (Å²) >= 11 is 0. The number of imidazole rings is 1. The van der Waals surface area contributed by atoms with Crippen LogP contribution in [0.3, 0.4) is 0 Å². The molecule has 0 saturated carbocycles. The molecule has 0 aliphatic carbocycles. The lowest BCUT2D eigenvalue weighted by atomic mass is 10.1. The monoisotopic (exact) mass is 968 g/mol. The quantitative estimate of drug-likeness (QED) is 0.0381. The zero-order valence-electron chi connectivity index (χ0n) is 42.1. The van der Waals surface area contributed by atoms with Crippen molar-refractivity contribution in [2.75, 3.05) is 92.6 Å². The van der Waals surface area contributed by atoms with Crippen LogP contribution < -0.4 is 21.7 Å². The smallest absolute Gasteiger partial charge is 0.280 e. The molecule has 3 N–H and O–H groups in total. The van der Waals surface area contributed by atoms with Gasteiger partial charge in [-0.1, -0.05) is 104 Å². The summed E-state index contributed by atoms with van der Waals surface area (Å²) in [5.41, 5.74) is 9.85. The average Bonchev–Trinajstić information content (AvgIpc) is 3.91. The molecule has 4 aromatic rings. The minimum Gasteiger partial charge on any atom is -0.409 e. The van der Waals surface area contributed by atoms with Gasteiger partial charge in [-0.2, -0.15) is 4.98 Å². The molecular weight excluding hydrogens is 887 g/mol. The molecule has 2 aromatic heterocycles. The first-order valence-corrected chi connectivity index (χ1v) is 28.6. The third kappa shape index (κ3) is 14.4. The lowest BCUT2D eigenvalue weighted by molar-refractivity contribution is -0.0378. The minimum absolute atomic E-state index is 0.0267. The topological polar surface area (TPSA) is 173 Å². The maximum atomic E-state index is 12.9. The Balaban J connectivity index is 1.36. The molecule has 1 saturated heterocycles. The SMILES string of the molecule is COCCOCCOCCCc1ccc([Si](OC[C@H]2O[C@@H](n3cnc4c(=O)[nH]c(N)nc43)C[C@@H]2O[Si](c2ccc(CCCOCCOCCOC)cc2)(C(C)C)C(C)C)(C(C)C)C(C)C)cc1. The molecule has 17 heteroatoms. The summed E-state index contributed by atoms with van der Waals surface area (Å²) in [6, 6.07) is 18.2. The lowest BCUT2D eigenvalue weighted by Crippen LogP contribution is -2.60. The second kappa shape index (κ2) is 27.2. The van der Waals surface area contributed by atoms with Gasteiger partial charge in [-0.05, 0) is 69.3 Å². The first-order valence-electron chi connectivity index (χ1n) is 24.5. The van der Waals surface area contributed by atoms with Gasteiger partial charge >= 0.3 is 0 Å². The van der Waals surface area contributed by atoms with Crippen LogP contribution in [0.25, 0.3) is 11.2 Å². The standard InChI is InChI=1S/C50H81N5O10Si2/c1-36(2)66(37(3)4,42-19-15-40(16-20-42)13-11-23-59-29-31-61-27-25-57-9)63-34-45-44(33-46(64-45)55-35-52-47-48(55)53-50(51)54-49(47)56)65-67(38(5)6,39(7)8)43-21-17-41(18-22-43)14-12-24-60-30-32-62-28-26-58-10/h15-22,35-39,44-46H,11-14,23-34H2,1-10H3,(H3,51,53,54,56)/t44-,45+,46+/m0/s1. The van der Waals surface area contributed by atoms with Crippen molar-refractivity contribution in [3.8, 4) is 0 Å². The molecule has 0 radical (unpaired) electrons. The molecule has 0 spiro atoms. The molecule has 3 heterocycles. The van der Waals surface area contributed by atoms with Gasteiger partial charge in [0.15, 0.2) is 11.2 Å². The number of aryl methyl sites for hydroxylation is 2. The van der Waals surface area contributed by atoms with Crippen molar-refractivity contribution < 1.29 is 42.0 Å². The van der Waals surface area contributed by atoms with Gasteiger partial charge in [-0.3, -0.25) is 14.3 Å². The maximum absolute atomic E-state index is 12.9. The molecule has 3 atom stereocenters. The van der Waals surface area contributed by atoms with Gasteiger partial charge in [0.05, 0.1) is 71.9 Å². The third-order valence-corrected chi connectivity index (χ3v) is 23.8. The predicted molar refractivity (Wildman–Crippen MR) is 270 cm³/mol. The van der Waals surface area contributed by atoms with Gasteiger partial charge in [-0.15, -0.1) is 0 Å². The van der Waals surface area contributed by atoms with Crippen molar-refractivity contribution in [2.24, 2.45) is 0 Å². The number of nitrogens with one attached hydrogen (secondary N) is 1. The molecule has 0 amide bonds. The highest BCUT2D eigenvalue weighted by Gasteiger charge is 2.51. The number of nitrogen functional groups attached to an aromatic ring is 1. The summed E-state index contributed by atoms with van der Waals surface area (Å²) in [5, 5.41) is 2.53. The number of rotatable bonds is 32. The van der Waals surface area contributed by atoms with Crippen LogP contribution in [0, 0.1) is 0 Å². The Bertz CT molecular complexity index is 2070. The summed E-state index contributed by atoms with van der Waals surface area (Å²) in [7, 11) is -2.03. The van der Waals surface area contributed by atoms with Crippen molar-refractivity contribution >= 4 is 44.1 Å². The summed E-state index contributed by atoms with van der Waals surface area (Å²) in [6.07, 6.45) is 4.61. The highest BCUT2D eigenvalue weighted by Crippen LogP contribution is 2.42. The number of benzene rings is 2. The first kappa shape index (κ1) is 54.6. The fourth-order valence-electron chi connectivity index (χ4n) is 9.74. The van der Waals surface area contributed by atoms with E-state index in [1.165, 1.54) is 21.5 Å². The maximum Gasteiger partial charge on any atom is 0.280 e. The molecule has 374 valence electrons. The van der Waals surface area contributed by atoms with Crippen LogP contribution in [0.1, 0.15) is 92.0 Å². The lowest BCUT2D eigenvalue weighted by Gasteiger charge is -2.43. The van der Waals surface area contributed by atoms with E-state index in [9.17, 15) is 4.79 Å². The van der Waals surface area contributed by atoms with E-state index in [0.29, 0.717) is 84.7 Å². The van der Waals surface area contributed by atoms with Crippen molar-refractivity contribution in [2.45, 2.75) is 128 Å². The molecule has 0 unspecified atom stereocenters. The number of aromatic amines is 1. The van der Waals surface area contributed by atoms with Crippen molar-refractivity contribution in [3.63, 3.8) is 0 Å². The Hall–Kier alpha value is -3.34. The Morgan fingerprint density at radius 2 is 1.15 bits per heavy atom. The summed E-state index contributed by atoms with van der Waals surface area (Å²) < 4.78 is 56.8. The van der Waals surface area contributed by atoms with Crippen LogP contribution in [0.4, 0.5) is 5.95 Å². The average molecular weight is 968 g/mol. The van der Waals surface area contributed by atoms with Crippen LogP contribution in [0.5, 0.6) is 0 Å². The van der Waals surface area contributed by atoms with Gasteiger partial charge in [0.2, 0.25) is 22.6 Å². The van der Waals surface area contributed by atoms with E-state index in [2.05, 4.69) is 119 Å². The highest BCUT2D eigenvalue weighted by molar-refractivity contribution is 6.89. The summed E-state index contributed by atoms with van der Waals surface area (Å²) in [6.45, 7) is 24.7. The van der Waals surface area contributed by atoms with E-state index in [1.54, 1.807) is 20.5 Å². The van der Waals surface area contributed by atoms with Gasteiger partial charge in [0.1, 0.15) is 12.3 Å². The number of hydrogen-bond donors (Lipinski definition) is 2. The molecule has 67 heavy (non-hydrogen) atoms. The summed E-state index contributed by atoms with van der Waals surface area (Å²) in [5.74, 6) is 0.0267. The second-order valence-corrected chi connectivity index (χ2v) is 28.3. The zero-order chi connectivity index (χ0) is 48.4. The number of ether oxygens (including phenoxy) is 7. The molecule has 5 rings (SSSR count). The molecule has 1 aliphatic heterocycles. The molecule has 0 bridgehead atoms. The molecule has 2 aromatic carbocycles. The number of nitrogens with two attached hydrogens (primary N) is 1. The number of aromatic nitrogens is 4. The molecular formula is C50H81N5O10Si2. The number of anilines is 1. The second-order valence-electron chi connectivity index (χ2n) is 18.8. The van der Waals surface area contributed by atoms with E-state index < -0.39 is 29.0 Å². The largest absolute Gasteiger partial charge is 0.409 e. The third-order valence-electron chi connectivity index (χ3n) is 13.1. The first-order chi connectivity index (χ1) is 32.3. The van der Waals surface area contributed by atoms with Gasteiger partial charge in [-0.25, -0.2) is 4.98 Å². The van der Waals surface area contributed by atoms with E-state index in [4.69, 9.17) is 47.7 Å². The Morgan fingerprint density at radius 3 is 1.63 bits per heavy atom. The van der Waals surface area contributed by atoms with E-state index in [-0.39, 0.29) is 45.3 Å². The zero-order valence-corrected chi connectivity index (χ0v) is 44.1. The Labute approximate surface area is 401 Å². The fourth-order valence-corrected chi connectivity index (χ4v) is 19.2. The highest BCUT2D eigenvalue weighted by atomic mass is 28.4. The normalized spacial score (nSPS) is 17.1. The van der Waals surface area contributed by atoms with Gasteiger partial charge in [0, 0.05) is 33.9 Å². The van der Waals surface area contributed by atoms with E-state index in [0.717, 1.165) is 25.7 Å². The minimum atomic E-state index is -2.73. The van der Waals surface area contributed by atoms with E-state index in [1.807, 2.05) is 4.57 Å². The van der Waals surface area contributed by atoms with Crippen molar-refractivity contribution in [3.05, 3.63) is 76.3 Å². The van der Waals surface area contributed by atoms with Crippen LogP contribution in [0.15, 0.2) is 59.7 Å². The Kier molecular flexibility index (Phi) is 22.1. The predicted octanol–water partition coefficient (Wildman–Crippen LogP) is 6.96. The molecule has 1 fully saturated rings.